The lowest BCUT2D eigenvalue weighted by molar-refractivity contribution is 0.0633. The highest BCUT2D eigenvalue weighted by Gasteiger charge is 2.31. The highest BCUT2D eigenvalue weighted by Crippen LogP contribution is 2.27. The molecule has 6 nitrogen and oxygen atoms in total. The summed E-state index contributed by atoms with van der Waals surface area (Å²) >= 11 is 1.57. The number of hydrogen-bond donors (Lipinski definition) is 1. The predicted octanol–water partition coefficient (Wildman–Crippen LogP) is 3.58. The molecule has 1 unspecified atom stereocenters. The van der Waals surface area contributed by atoms with Gasteiger partial charge >= 0.3 is 0 Å². The number of aromatic nitrogens is 3. The number of aryl methyl sites for hydroxylation is 1. The number of halogens is 2. The number of thiazole rings is 1. The third kappa shape index (κ3) is 4.07. The summed E-state index contributed by atoms with van der Waals surface area (Å²) in [5, 5.41) is 6.23. The summed E-state index contributed by atoms with van der Waals surface area (Å²) in [4.78, 5) is 24.0. The lowest BCUT2D eigenvalue weighted by Gasteiger charge is -2.36. The molecule has 0 saturated carbocycles. The van der Waals surface area contributed by atoms with Gasteiger partial charge in [0.05, 0.1) is 11.6 Å². The van der Waals surface area contributed by atoms with Gasteiger partial charge in [-0.25, -0.2) is 4.98 Å². The Balaban J connectivity index is 0.00000140. The van der Waals surface area contributed by atoms with Gasteiger partial charge in [0.25, 0.3) is 5.91 Å². The van der Waals surface area contributed by atoms with Crippen molar-refractivity contribution in [2.45, 2.75) is 19.9 Å². The van der Waals surface area contributed by atoms with E-state index in [0.717, 1.165) is 40.7 Å². The van der Waals surface area contributed by atoms with Crippen LogP contribution in [0.1, 0.15) is 33.4 Å². The smallest absolute Gasteiger partial charge is 0.256 e. The van der Waals surface area contributed by atoms with Crippen LogP contribution >= 0.6 is 36.2 Å². The molecule has 28 heavy (non-hydrogen) atoms. The fraction of sp³-hybridized carbons (Fsp3) is 0.316. The monoisotopic (exact) mass is 439 g/mol. The highest BCUT2D eigenvalue weighted by atomic mass is 35.5. The maximum Gasteiger partial charge on any atom is 0.256 e. The first-order valence-electron chi connectivity index (χ1n) is 8.67. The number of rotatable bonds is 3. The van der Waals surface area contributed by atoms with E-state index in [9.17, 15) is 4.79 Å². The number of carbonyl (C=O) groups is 1. The first-order valence-corrected chi connectivity index (χ1v) is 9.55. The van der Waals surface area contributed by atoms with Crippen molar-refractivity contribution in [3.05, 3.63) is 64.7 Å². The van der Waals surface area contributed by atoms with E-state index in [1.165, 1.54) is 0 Å². The molecule has 1 aliphatic heterocycles. The van der Waals surface area contributed by atoms with Crippen LogP contribution in [0, 0.1) is 13.8 Å². The Morgan fingerprint density at radius 2 is 2.11 bits per heavy atom. The van der Waals surface area contributed by atoms with E-state index in [4.69, 9.17) is 0 Å². The normalized spacial score (nSPS) is 16.2. The van der Waals surface area contributed by atoms with Gasteiger partial charge in [0, 0.05) is 55.0 Å². The van der Waals surface area contributed by atoms with Gasteiger partial charge in [0.15, 0.2) is 5.13 Å². The maximum absolute atomic E-state index is 13.4. The first kappa shape index (κ1) is 22.4. The highest BCUT2D eigenvalue weighted by molar-refractivity contribution is 7.12. The number of carbonyl (C=O) groups excluding carboxylic acids is 1. The number of amides is 1. The molecule has 0 radical (unpaired) electrons. The van der Waals surface area contributed by atoms with E-state index in [1.54, 1.807) is 23.7 Å². The quantitative estimate of drug-likeness (QED) is 0.677. The van der Waals surface area contributed by atoms with Gasteiger partial charge in [-0.1, -0.05) is 6.07 Å². The fourth-order valence-corrected chi connectivity index (χ4v) is 4.32. The van der Waals surface area contributed by atoms with Crippen LogP contribution in [0.15, 0.2) is 42.2 Å². The zero-order valence-corrected chi connectivity index (χ0v) is 18.1. The van der Waals surface area contributed by atoms with Gasteiger partial charge in [-0.3, -0.25) is 14.3 Å². The summed E-state index contributed by atoms with van der Waals surface area (Å²) in [7, 11) is 0. The molecular formula is C19H23Cl2N5OS. The molecular weight excluding hydrogens is 417 g/mol. The summed E-state index contributed by atoms with van der Waals surface area (Å²) in [6.07, 6.45) is 5.39. The predicted molar refractivity (Wildman–Crippen MR) is 116 cm³/mol. The van der Waals surface area contributed by atoms with Gasteiger partial charge < -0.3 is 10.2 Å². The van der Waals surface area contributed by atoms with Crippen LogP contribution in [0.25, 0.3) is 5.13 Å². The minimum atomic E-state index is -0.00660. The van der Waals surface area contributed by atoms with Crippen LogP contribution in [-0.2, 0) is 0 Å². The van der Waals surface area contributed by atoms with Gasteiger partial charge in [0.2, 0.25) is 0 Å². The minimum Gasteiger partial charge on any atom is -0.329 e. The van der Waals surface area contributed by atoms with E-state index >= 15 is 0 Å². The molecule has 0 spiro atoms. The molecule has 3 aromatic rings. The first-order chi connectivity index (χ1) is 12.7. The third-order valence-electron chi connectivity index (χ3n) is 4.85. The van der Waals surface area contributed by atoms with E-state index in [-0.39, 0.29) is 36.8 Å². The van der Waals surface area contributed by atoms with Crippen molar-refractivity contribution in [2.75, 3.05) is 19.6 Å². The Morgan fingerprint density at radius 3 is 2.79 bits per heavy atom. The van der Waals surface area contributed by atoms with Crippen molar-refractivity contribution in [1.82, 2.24) is 24.8 Å². The number of nitrogens with zero attached hydrogens (tertiary/aromatic N) is 4. The average Bonchev–Trinajstić information content (AvgIpc) is 3.29. The lowest BCUT2D eigenvalue weighted by atomic mass is 10.0. The summed E-state index contributed by atoms with van der Waals surface area (Å²) in [6, 6.07) is 5.92. The Labute approximate surface area is 180 Å². The minimum absolute atomic E-state index is 0. The van der Waals surface area contributed by atoms with Crippen LogP contribution in [-0.4, -0.2) is 45.0 Å². The Morgan fingerprint density at radius 1 is 1.29 bits per heavy atom. The molecule has 4 heterocycles. The van der Waals surface area contributed by atoms with Gasteiger partial charge in [0.1, 0.15) is 0 Å². The van der Waals surface area contributed by atoms with Crippen molar-refractivity contribution in [3.8, 4) is 5.13 Å². The summed E-state index contributed by atoms with van der Waals surface area (Å²) in [6.45, 7) is 6.22. The molecule has 1 fully saturated rings. The summed E-state index contributed by atoms with van der Waals surface area (Å²) in [5.41, 5.74) is 3.76. The van der Waals surface area contributed by atoms with Crippen molar-refractivity contribution in [1.29, 1.82) is 0 Å². The summed E-state index contributed by atoms with van der Waals surface area (Å²) < 4.78 is 2.05. The zero-order chi connectivity index (χ0) is 18.1. The molecule has 0 bridgehead atoms. The molecule has 1 atom stereocenters. The van der Waals surface area contributed by atoms with Crippen molar-refractivity contribution < 1.29 is 4.79 Å². The number of nitrogens with one attached hydrogen (secondary N) is 1. The number of piperazine rings is 1. The van der Waals surface area contributed by atoms with Crippen LogP contribution in [0.2, 0.25) is 0 Å². The SMILES string of the molecule is Cc1cc(C(=O)N2CCNCC2c2cccnc2)c(C)n1-c1nccs1.Cl.Cl. The molecule has 9 heteroatoms. The Bertz CT molecular complexity index is 914. The second-order valence-electron chi connectivity index (χ2n) is 6.44. The summed E-state index contributed by atoms with van der Waals surface area (Å²) in [5.74, 6) is 0.0660. The molecule has 0 aliphatic carbocycles. The van der Waals surface area contributed by atoms with Crippen LogP contribution in [0.4, 0.5) is 0 Å². The molecule has 1 N–H and O–H groups in total. The number of hydrogen-bond acceptors (Lipinski definition) is 5. The second-order valence-corrected chi connectivity index (χ2v) is 7.31. The van der Waals surface area contributed by atoms with Crippen LogP contribution in [0.5, 0.6) is 0 Å². The van der Waals surface area contributed by atoms with Gasteiger partial charge in [-0.05, 0) is 31.5 Å². The van der Waals surface area contributed by atoms with E-state index in [0.29, 0.717) is 6.54 Å². The van der Waals surface area contributed by atoms with Crippen molar-refractivity contribution in [3.63, 3.8) is 0 Å². The Hall–Kier alpha value is -1.93. The van der Waals surface area contributed by atoms with Gasteiger partial charge in [-0.2, -0.15) is 0 Å². The Kier molecular flexibility index (Phi) is 7.60. The molecule has 1 amide bonds. The second kappa shape index (κ2) is 9.52. The fourth-order valence-electron chi connectivity index (χ4n) is 3.57. The molecule has 4 rings (SSSR count). The zero-order valence-electron chi connectivity index (χ0n) is 15.7. The molecule has 0 aromatic carbocycles. The molecule has 1 saturated heterocycles. The van der Waals surface area contributed by atoms with Crippen molar-refractivity contribution in [2.24, 2.45) is 0 Å². The lowest BCUT2D eigenvalue weighted by Crippen LogP contribution is -2.48. The molecule has 150 valence electrons. The molecule has 1 aliphatic rings. The standard InChI is InChI=1S/C19H21N5OS.2ClH/c1-13-10-16(14(2)24(13)19-22-7-9-26-19)18(25)23-8-6-21-12-17(23)15-4-3-5-20-11-15;;/h3-5,7,9-11,17,21H,6,8,12H2,1-2H3;2*1H. The molecule has 3 aromatic heterocycles. The maximum atomic E-state index is 13.4. The van der Waals surface area contributed by atoms with E-state index in [1.807, 2.05) is 48.5 Å². The van der Waals surface area contributed by atoms with Crippen LogP contribution in [0.3, 0.4) is 0 Å². The van der Waals surface area contributed by atoms with Gasteiger partial charge in [-0.15, -0.1) is 36.2 Å². The van der Waals surface area contributed by atoms with E-state index < -0.39 is 0 Å². The topological polar surface area (TPSA) is 63.1 Å². The van der Waals surface area contributed by atoms with Crippen LogP contribution < -0.4 is 5.32 Å². The van der Waals surface area contributed by atoms with E-state index in [2.05, 4.69) is 19.9 Å². The largest absolute Gasteiger partial charge is 0.329 e. The van der Waals surface area contributed by atoms with Crippen molar-refractivity contribution >= 4 is 42.1 Å². The number of pyridine rings is 1. The average molecular weight is 440 g/mol. The third-order valence-corrected chi connectivity index (χ3v) is 5.60.